The second-order valence-electron chi connectivity index (χ2n) is 11.5. The summed E-state index contributed by atoms with van der Waals surface area (Å²) >= 11 is 0. The highest BCUT2D eigenvalue weighted by molar-refractivity contribution is 7.47. The Labute approximate surface area is 294 Å². The number of aromatic nitrogens is 8. The van der Waals surface area contributed by atoms with Gasteiger partial charge < -0.3 is 55.9 Å². The molecule has 2 fully saturated rings. The number of imidazole rings is 2. The topological polar surface area (TPSA) is 399 Å². The lowest BCUT2D eigenvalue weighted by Gasteiger charge is -2.18. The van der Waals surface area contributed by atoms with Gasteiger partial charge in [0.15, 0.2) is 34.8 Å². The van der Waals surface area contributed by atoms with Crippen molar-refractivity contribution in [1.29, 1.82) is 0 Å². The summed E-state index contributed by atoms with van der Waals surface area (Å²) in [6.45, 7) is -3.02. The largest absolute Gasteiger partial charge is 0.472 e. The number of phosphoric acid groups is 2. The number of ether oxygens (including phenoxy) is 3. The number of nitrogens with two attached hydrogens (primary N) is 2. The third-order valence-corrected chi connectivity index (χ3v) is 9.86. The Bertz CT molecular complexity index is 2000. The molecule has 4 aromatic heterocycles. The molecule has 6 heterocycles. The van der Waals surface area contributed by atoms with Crippen LogP contribution in [0.2, 0.25) is 0 Å². The van der Waals surface area contributed by atoms with Gasteiger partial charge >= 0.3 is 15.6 Å². The van der Waals surface area contributed by atoms with Crippen LogP contribution in [0.4, 0.5) is 11.9 Å². The van der Waals surface area contributed by atoms with E-state index in [4.69, 9.17) is 43.8 Å². The molecule has 0 radical (unpaired) electrons. The number of phosphoric ester groups is 2. The lowest BCUT2D eigenvalue weighted by molar-refractivity contribution is -0.0526. The molecule has 4 aromatic rings. The van der Waals surface area contributed by atoms with Crippen LogP contribution in [0, 0.1) is 0 Å². The fourth-order valence-corrected chi connectivity index (χ4v) is 6.82. The fourth-order valence-electron chi connectivity index (χ4n) is 5.39. The van der Waals surface area contributed by atoms with E-state index in [1.165, 1.54) is 0 Å². The summed E-state index contributed by atoms with van der Waals surface area (Å²) in [5.41, 5.74) is 9.56. The standard InChI is InChI=1S/C24H34N10O17P2/c25-23-29-17-11(19(39)31-23)27-7-33(17)21-15(37)13(35)9(50-21)5-48-52(41,42)46-3-1-45-2-4-47-53(43,44)49-6-10-14(36)16(38)22(51-10)34-8-28-12-18(34)30-24(26)32-20(12)40/h7-10,13-16,21-22,35-38H,1-6H2,(H,41,42)(H,43,44)(H3,25,29,31,39)(H3,26,30,32,40)/t9-,10+,13?,14?,15?,16?,21-,22+. The molecule has 2 aliphatic heterocycles. The Morgan fingerprint density at radius 3 is 1.47 bits per heavy atom. The maximum Gasteiger partial charge on any atom is 0.472 e. The van der Waals surface area contributed by atoms with Crippen molar-refractivity contribution < 1.29 is 71.6 Å². The van der Waals surface area contributed by atoms with Gasteiger partial charge in [-0.25, -0.2) is 19.1 Å². The number of rotatable bonds is 16. The van der Waals surface area contributed by atoms with Crippen LogP contribution in [0.15, 0.2) is 22.2 Å². The van der Waals surface area contributed by atoms with E-state index < -0.39 is 102 Å². The number of H-pyrrole nitrogens is 2. The van der Waals surface area contributed by atoms with E-state index in [0.29, 0.717) is 0 Å². The van der Waals surface area contributed by atoms with Gasteiger partial charge in [0.2, 0.25) is 11.9 Å². The third-order valence-electron chi connectivity index (χ3n) is 7.89. The zero-order valence-electron chi connectivity index (χ0n) is 26.9. The van der Waals surface area contributed by atoms with Crippen LogP contribution in [0.5, 0.6) is 0 Å². The average molecular weight is 797 g/mol. The SMILES string of the molecule is Nc1nc2c(ncn2[C@@H]2O[C@H](COP(=O)(O)OCCOCCOP(=O)(O)OC[C@@H]3O[C@H](n4cnc5c(=O)[nH]c(N)nc54)C(O)C3O)C(O)C2O)c(=O)[nH]1. The molecule has 29 heteroatoms. The predicted molar refractivity (Wildman–Crippen MR) is 171 cm³/mol. The van der Waals surface area contributed by atoms with Crippen molar-refractivity contribution in [3.8, 4) is 0 Å². The number of aliphatic hydroxyl groups excluding tert-OH is 4. The number of nitrogen functional groups attached to an aromatic ring is 2. The van der Waals surface area contributed by atoms with Crippen LogP contribution in [-0.4, -0.2) is 146 Å². The Hall–Kier alpha value is -3.76. The Kier molecular flexibility index (Phi) is 11.4. The van der Waals surface area contributed by atoms with Crippen LogP contribution in [0.25, 0.3) is 22.3 Å². The van der Waals surface area contributed by atoms with Crippen molar-refractivity contribution in [1.82, 2.24) is 39.0 Å². The molecule has 2 aliphatic rings. The van der Waals surface area contributed by atoms with Crippen LogP contribution in [0.1, 0.15) is 12.5 Å². The van der Waals surface area contributed by atoms with Crippen molar-refractivity contribution in [2.75, 3.05) is 51.1 Å². The summed E-state index contributed by atoms with van der Waals surface area (Å²) in [5, 5.41) is 41.9. The molecule has 6 unspecified atom stereocenters. The Morgan fingerprint density at radius 1 is 0.679 bits per heavy atom. The Balaban J connectivity index is 0.884. The summed E-state index contributed by atoms with van der Waals surface area (Å²) in [6.07, 6.45) is -9.35. The number of anilines is 2. The van der Waals surface area contributed by atoms with E-state index in [2.05, 4.69) is 29.9 Å². The van der Waals surface area contributed by atoms with Gasteiger partial charge in [-0.15, -0.1) is 0 Å². The summed E-state index contributed by atoms with van der Waals surface area (Å²) in [4.78, 5) is 64.3. The monoisotopic (exact) mass is 796 g/mol. The van der Waals surface area contributed by atoms with Gasteiger partial charge in [-0.05, 0) is 0 Å². The molecule has 292 valence electrons. The van der Waals surface area contributed by atoms with Crippen LogP contribution in [-0.2, 0) is 41.4 Å². The second kappa shape index (κ2) is 15.5. The minimum atomic E-state index is -4.73. The first kappa shape index (κ1) is 38.9. The first-order chi connectivity index (χ1) is 25.0. The van der Waals surface area contributed by atoms with E-state index in [1.807, 2.05) is 0 Å². The lowest BCUT2D eigenvalue weighted by atomic mass is 10.1. The Morgan fingerprint density at radius 2 is 1.08 bits per heavy atom. The minimum Gasteiger partial charge on any atom is -0.387 e. The molecular weight excluding hydrogens is 762 g/mol. The molecule has 2 saturated heterocycles. The molecule has 0 aliphatic carbocycles. The zero-order chi connectivity index (χ0) is 38.2. The maximum atomic E-state index is 12.3. The molecule has 0 spiro atoms. The molecule has 10 atom stereocenters. The molecule has 53 heavy (non-hydrogen) atoms. The predicted octanol–water partition coefficient (Wildman–Crippen LogP) is -4.06. The maximum absolute atomic E-state index is 12.3. The lowest BCUT2D eigenvalue weighted by Crippen LogP contribution is -2.33. The smallest absolute Gasteiger partial charge is 0.387 e. The van der Waals surface area contributed by atoms with E-state index in [9.17, 15) is 48.9 Å². The average Bonchev–Trinajstić information content (AvgIpc) is 3.84. The van der Waals surface area contributed by atoms with Crippen molar-refractivity contribution in [2.45, 2.75) is 49.1 Å². The number of fused-ring (bicyclic) bond motifs is 2. The van der Waals surface area contributed by atoms with E-state index in [-0.39, 0.29) is 47.4 Å². The van der Waals surface area contributed by atoms with Gasteiger partial charge in [-0.1, -0.05) is 0 Å². The molecule has 0 aromatic carbocycles. The van der Waals surface area contributed by atoms with E-state index >= 15 is 0 Å². The summed E-state index contributed by atoms with van der Waals surface area (Å²) in [5.74, 6) is -0.460. The van der Waals surface area contributed by atoms with Crippen LogP contribution < -0.4 is 22.6 Å². The zero-order valence-corrected chi connectivity index (χ0v) is 28.7. The number of nitrogens with one attached hydrogen (secondary N) is 2. The molecule has 0 saturated carbocycles. The van der Waals surface area contributed by atoms with Gasteiger partial charge in [-0.3, -0.25) is 46.8 Å². The number of aromatic amines is 2. The van der Waals surface area contributed by atoms with Crippen molar-refractivity contribution in [3.05, 3.63) is 33.4 Å². The quantitative estimate of drug-likeness (QED) is 0.0381. The summed E-state index contributed by atoms with van der Waals surface area (Å²) in [6, 6.07) is 0. The van der Waals surface area contributed by atoms with Crippen molar-refractivity contribution >= 4 is 49.9 Å². The summed E-state index contributed by atoms with van der Waals surface area (Å²) < 4.78 is 62.6. The molecule has 6 rings (SSSR count). The normalized spacial score (nSPS) is 28.5. The first-order valence-corrected chi connectivity index (χ1v) is 18.3. The van der Waals surface area contributed by atoms with E-state index in [1.54, 1.807) is 0 Å². The van der Waals surface area contributed by atoms with Gasteiger partial charge in [0.25, 0.3) is 11.1 Å². The molecule has 12 N–H and O–H groups in total. The highest BCUT2D eigenvalue weighted by Crippen LogP contribution is 2.45. The number of nitrogens with zero attached hydrogens (tertiary/aromatic N) is 6. The first-order valence-electron chi connectivity index (χ1n) is 15.3. The van der Waals surface area contributed by atoms with E-state index in [0.717, 1.165) is 21.8 Å². The molecule has 27 nitrogen and oxygen atoms in total. The number of hydrogen-bond acceptors (Lipinski definition) is 21. The van der Waals surface area contributed by atoms with Crippen molar-refractivity contribution in [2.24, 2.45) is 0 Å². The van der Waals surface area contributed by atoms with Gasteiger partial charge in [-0.2, -0.15) is 9.97 Å². The van der Waals surface area contributed by atoms with Gasteiger partial charge in [0, 0.05) is 0 Å². The van der Waals surface area contributed by atoms with Crippen molar-refractivity contribution in [3.63, 3.8) is 0 Å². The highest BCUT2D eigenvalue weighted by atomic mass is 31.2. The third kappa shape index (κ3) is 8.49. The van der Waals surface area contributed by atoms with Gasteiger partial charge in [0.05, 0.1) is 52.3 Å². The highest BCUT2D eigenvalue weighted by Gasteiger charge is 2.47. The van der Waals surface area contributed by atoms with Crippen LogP contribution in [0.3, 0.4) is 0 Å². The van der Waals surface area contributed by atoms with Crippen LogP contribution >= 0.6 is 15.6 Å². The molecular formula is C24H34N10O17P2. The number of aliphatic hydroxyl groups is 4. The minimum absolute atomic E-state index is 0.0420. The molecule has 0 amide bonds. The van der Waals surface area contributed by atoms with Gasteiger partial charge in [0.1, 0.15) is 36.6 Å². The summed E-state index contributed by atoms with van der Waals surface area (Å²) in [7, 11) is -9.47. The molecule has 0 bridgehead atoms. The second-order valence-corrected chi connectivity index (χ2v) is 14.4. The fraction of sp³-hybridized carbons (Fsp3) is 0.583. The number of hydrogen-bond donors (Lipinski definition) is 10.